The number of nitrogens with zero attached hydrogens (tertiary/aromatic N) is 1. The van der Waals surface area contributed by atoms with Crippen molar-refractivity contribution < 1.29 is 14.1 Å². The number of nitrogens with one attached hydrogen (secondary N) is 1. The molecule has 0 aromatic carbocycles. The fourth-order valence-electron chi connectivity index (χ4n) is 2.23. The average Bonchev–Trinajstić information content (AvgIpc) is 2.84. The fraction of sp³-hybridized carbons (Fsp3) is 0.667. The summed E-state index contributed by atoms with van der Waals surface area (Å²) in [5.74, 6) is 1.24. The molecule has 0 aliphatic carbocycles. The maximum Gasteiger partial charge on any atom is 0.234 e. The first-order valence-electron chi connectivity index (χ1n) is 6.10. The van der Waals surface area contributed by atoms with Crippen LogP contribution < -0.4 is 5.32 Å². The van der Waals surface area contributed by atoms with Crippen molar-refractivity contribution in [1.29, 1.82) is 0 Å². The molecular formula is C12H18N2O3S. The van der Waals surface area contributed by atoms with Crippen LogP contribution in [-0.2, 0) is 14.9 Å². The molecule has 0 unspecified atom stereocenters. The van der Waals surface area contributed by atoms with Gasteiger partial charge in [0.2, 0.25) is 5.91 Å². The Labute approximate surface area is 112 Å². The summed E-state index contributed by atoms with van der Waals surface area (Å²) < 4.78 is 10.7. The van der Waals surface area contributed by atoms with E-state index in [1.165, 1.54) is 0 Å². The molecule has 1 fully saturated rings. The molecular weight excluding hydrogens is 252 g/mol. The lowest BCUT2D eigenvalue weighted by molar-refractivity contribution is -0.131. The van der Waals surface area contributed by atoms with Crippen molar-refractivity contribution in [3.8, 4) is 0 Å². The Bertz CT molecular complexity index is 413. The van der Waals surface area contributed by atoms with Gasteiger partial charge in [0.25, 0.3) is 0 Å². The van der Waals surface area contributed by atoms with E-state index in [1.807, 2.05) is 13.0 Å². The highest BCUT2D eigenvalue weighted by Crippen LogP contribution is 2.35. The molecule has 1 aromatic heterocycles. The number of aryl methyl sites for hydroxylation is 1. The normalized spacial score (nSPS) is 18.6. The molecule has 2 rings (SSSR count). The van der Waals surface area contributed by atoms with Crippen molar-refractivity contribution in [3.63, 3.8) is 0 Å². The second kappa shape index (κ2) is 5.75. The van der Waals surface area contributed by atoms with Crippen molar-refractivity contribution in [1.82, 2.24) is 10.5 Å². The lowest BCUT2D eigenvalue weighted by Gasteiger charge is -2.33. The van der Waals surface area contributed by atoms with Gasteiger partial charge in [-0.1, -0.05) is 5.16 Å². The highest BCUT2D eigenvalue weighted by Gasteiger charge is 2.44. The minimum atomic E-state index is -0.636. The van der Waals surface area contributed by atoms with Crippen LogP contribution in [0.15, 0.2) is 10.6 Å². The van der Waals surface area contributed by atoms with E-state index in [-0.39, 0.29) is 5.91 Å². The first-order valence-corrected chi connectivity index (χ1v) is 6.73. The van der Waals surface area contributed by atoms with Gasteiger partial charge in [0, 0.05) is 31.6 Å². The molecule has 1 aliphatic heterocycles. The van der Waals surface area contributed by atoms with Gasteiger partial charge in [0.1, 0.15) is 5.41 Å². The lowest BCUT2D eigenvalue weighted by atomic mass is 9.77. The highest BCUT2D eigenvalue weighted by atomic mass is 32.1. The van der Waals surface area contributed by atoms with E-state index < -0.39 is 5.41 Å². The maximum atomic E-state index is 12.4. The van der Waals surface area contributed by atoms with Gasteiger partial charge in [-0.15, -0.1) is 0 Å². The minimum absolute atomic E-state index is 0.0176. The van der Waals surface area contributed by atoms with Gasteiger partial charge in [0.15, 0.2) is 5.76 Å². The van der Waals surface area contributed by atoms with E-state index >= 15 is 0 Å². The summed E-state index contributed by atoms with van der Waals surface area (Å²) in [6.45, 7) is 3.53. The maximum absolute atomic E-state index is 12.4. The van der Waals surface area contributed by atoms with Crippen LogP contribution in [0, 0.1) is 6.92 Å². The van der Waals surface area contributed by atoms with Gasteiger partial charge in [-0.25, -0.2) is 0 Å². The Hall–Kier alpha value is -1.01. The molecule has 0 atom stereocenters. The van der Waals surface area contributed by atoms with E-state index in [0.717, 1.165) is 5.69 Å². The molecule has 2 heterocycles. The Kier molecular flexibility index (Phi) is 4.29. The van der Waals surface area contributed by atoms with Gasteiger partial charge in [-0.05, 0) is 19.8 Å². The summed E-state index contributed by atoms with van der Waals surface area (Å²) in [5, 5.41) is 6.78. The molecule has 1 saturated heterocycles. The number of thiol groups is 1. The number of ether oxygens (including phenoxy) is 1. The van der Waals surface area contributed by atoms with Crippen LogP contribution in [0.1, 0.15) is 24.3 Å². The van der Waals surface area contributed by atoms with Crippen LogP contribution >= 0.6 is 12.6 Å². The first kappa shape index (κ1) is 13.4. The van der Waals surface area contributed by atoms with Gasteiger partial charge in [0.05, 0.1) is 5.69 Å². The Balaban J connectivity index is 2.25. The Morgan fingerprint density at radius 3 is 2.83 bits per heavy atom. The smallest absolute Gasteiger partial charge is 0.234 e. The number of hydrogen-bond acceptors (Lipinski definition) is 5. The third-order valence-corrected chi connectivity index (χ3v) is 3.50. The molecule has 0 radical (unpaired) electrons. The zero-order valence-corrected chi connectivity index (χ0v) is 11.3. The molecule has 18 heavy (non-hydrogen) atoms. The zero-order valence-electron chi connectivity index (χ0n) is 10.4. The fourth-order valence-corrected chi connectivity index (χ4v) is 2.34. The van der Waals surface area contributed by atoms with Crippen LogP contribution in [0.4, 0.5) is 0 Å². The van der Waals surface area contributed by atoms with Crippen LogP contribution in [0.3, 0.4) is 0 Å². The van der Waals surface area contributed by atoms with Crippen LogP contribution in [0.5, 0.6) is 0 Å². The van der Waals surface area contributed by atoms with E-state index in [2.05, 4.69) is 23.1 Å². The molecule has 1 aliphatic rings. The SMILES string of the molecule is Cc1cc(C2(C(=O)NCCS)CCOCC2)on1. The third kappa shape index (κ3) is 2.54. The second-order valence-electron chi connectivity index (χ2n) is 4.51. The second-order valence-corrected chi connectivity index (χ2v) is 4.95. The molecule has 100 valence electrons. The summed E-state index contributed by atoms with van der Waals surface area (Å²) in [4.78, 5) is 12.4. The van der Waals surface area contributed by atoms with Gasteiger partial charge in [-0.3, -0.25) is 4.79 Å². The van der Waals surface area contributed by atoms with E-state index in [9.17, 15) is 4.79 Å². The number of amides is 1. The highest BCUT2D eigenvalue weighted by molar-refractivity contribution is 7.80. The van der Waals surface area contributed by atoms with Gasteiger partial charge >= 0.3 is 0 Å². The molecule has 1 aromatic rings. The number of carbonyl (C=O) groups excluding carboxylic acids is 1. The largest absolute Gasteiger partial charge is 0.381 e. The minimum Gasteiger partial charge on any atom is -0.381 e. The zero-order chi connectivity index (χ0) is 13.0. The van der Waals surface area contributed by atoms with Crippen molar-refractivity contribution in [2.24, 2.45) is 0 Å². The number of hydrogen-bond donors (Lipinski definition) is 2. The molecule has 1 amide bonds. The summed E-state index contributed by atoms with van der Waals surface area (Å²) in [7, 11) is 0. The average molecular weight is 270 g/mol. The van der Waals surface area contributed by atoms with Gasteiger partial charge < -0.3 is 14.6 Å². The molecule has 0 bridgehead atoms. The summed E-state index contributed by atoms with van der Waals surface area (Å²) in [6, 6.07) is 1.84. The molecule has 0 saturated carbocycles. The summed E-state index contributed by atoms with van der Waals surface area (Å²) >= 11 is 4.10. The molecule has 1 N–H and O–H groups in total. The van der Waals surface area contributed by atoms with Crippen molar-refractivity contribution in [2.75, 3.05) is 25.5 Å². The quantitative estimate of drug-likeness (QED) is 0.804. The topological polar surface area (TPSA) is 64.4 Å². The number of aromatic nitrogens is 1. The van der Waals surface area contributed by atoms with Crippen molar-refractivity contribution in [2.45, 2.75) is 25.2 Å². The van der Waals surface area contributed by atoms with Crippen molar-refractivity contribution >= 4 is 18.5 Å². The van der Waals surface area contributed by atoms with Gasteiger partial charge in [-0.2, -0.15) is 12.6 Å². The predicted octanol–water partition coefficient (Wildman–Crippen LogP) is 1.08. The standard InChI is InChI=1S/C12H18N2O3S/c1-9-8-10(17-14-9)12(2-5-16-6-3-12)11(15)13-4-7-18/h8,18H,2-7H2,1H3,(H,13,15). The molecule has 0 spiro atoms. The predicted molar refractivity (Wildman–Crippen MR) is 69.8 cm³/mol. The van der Waals surface area contributed by atoms with Crippen LogP contribution in [-0.4, -0.2) is 36.6 Å². The summed E-state index contributed by atoms with van der Waals surface area (Å²) in [5.41, 5.74) is 0.153. The third-order valence-electron chi connectivity index (χ3n) is 3.28. The van der Waals surface area contributed by atoms with Crippen LogP contribution in [0.2, 0.25) is 0 Å². The van der Waals surface area contributed by atoms with Crippen molar-refractivity contribution in [3.05, 3.63) is 17.5 Å². The monoisotopic (exact) mass is 270 g/mol. The van der Waals surface area contributed by atoms with E-state index in [4.69, 9.17) is 9.26 Å². The number of carbonyl (C=O) groups is 1. The van der Waals surface area contributed by atoms with E-state index in [0.29, 0.717) is 44.1 Å². The lowest BCUT2D eigenvalue weighted by Crippen LogP contribution is -2.48. The Morgan fingerprint density at radius 2 is 2.28 bits per heavy atom. The molecule has 5 nitrogen and oxygen atoms in total. The number of rotatable bonds is 4. The van der Waals surface area contributed by atoms with E-state index in [1.54, 1.807) is 0 Å². The molecule has 6 heteroatoms. The Morgan fingerprint density at radius 1 is 1.56 bits per heavy atom. The van der Waals surface area contributed by atoms with Crippen LogP contribution in [0.25, 0.3) is 0 Å². The summed E-state index contributed by atoms with van der Waals surface area (Å²) in [6.07, 6.45) is 1.25. The first-order chi connectivity index (χ1) is 8.69.